The largest absolute Gasteiger partial charge is 0.455 e. The van der Waals surface area contributed by atoms with E-state index >= 15 is 0 Å². The van der Waals surface area contributed by atoms with Gasteiger partial charge in [0.2, 0.25) is 17.6 Å². The van der Waals surface area contributed by atoms with E-state index in [1.807, 2.05) is 72.1 Å². The summed E-state index contributed by atoms with van der Waals surface area (Å²) in [4.78, 5) is 20.7. The molecule has 2 aromatic heterocycles. The second-order valence-corrected chi connectivity index (χ2v) is 8.89. The second-order valence-electron chi connectivity index (χ2n) is 7.94. The van der Waals surface area contributed by atoms with Crippen LogP contribution in [0.4, 0.5) is 5.69 Å². The molecule has 0 spiro atoms. The van der Waals surface area contributed by atoms with E-state index in [9.17, 15) is 4.79 Å². The first kappa shape index (κ1) is 21.4. The van der Waals surface area contributed by atoms with Crippen LogP contribution in [0, 0.1) is 5.92 Å². The van der Waals surface area contributed by atoms with Crippen molar-refractivity contribution in [1.29, 1.82) is 0 Å². The van der Waals surface area contributed by atoms with Gasteiger partial charge in [-0.05, 0) is 61.6 Å². The van der Waals surface area contributed by atoms with Gasteiger partial charge in [-0.3, -0.25) is 9.69 Å². The summed E-state index contributed by atoms with van der Waals surface area (Å²) >= 11 is 1.59. The van der Waals surface area contributed by atoms with Crippen LogP contribution in [0.15, 0.2) is 76.6 Å². The molecule has 7 nitrogen and oxygen atoms in total. The van der Waals surface area contributed by atoms with Crippen molar-refractivity contribution in [2.24, 2.45) is 5.92 Å². The van der Waals surface area contributed by atoms with E-state index < -0.39 is 0 Å². The number of hydrogen-bond donors (Lipinski definition) is 1. The number of benzene rings is 2. The quantitative estimate of drug-likeness (QED) is 0.395. The fraction of sp³-hybridized carbons (Fsp3) is 0.240. The fourth-order valence-electron chi connectivity index (χ4n) is 3.88. The number of ether oxygens (including phenoxy) is 1. The third kappa shape index (κ3) is 5.30. The maximum atomic E-state index is 12.9. The lowest BCUT2D eigenvalue weighted by atomic mass is 9.96. The monoisotopic (exact) mass is 460 g/mol. The summed E-state index contributed by atoms with van der Waals surface area (Å²) in [5, 5.41) is 9.13. The van der Waals surface area contributed by atoms with Crippen LogP contribution in [0.25, 0.3) is 10.7 Å². The van der Waals surface area contributed by atoms with Crippen molar-refractivity contribution in [2.75, 3.05) is 18.4 Å². The molecule has 0 unspecified atom stereocenters. The van der Waals surface area contributed by atoms with Crippen molar-refractivity contribution >= 4 is 22.9 Å². The minimum atomic E-state index is -0.0459. The zero-order valence-corrected chi connectivity index (χ0v) is 18.8. The van der Waals surface area contributed by atoms with Crippen LogP contribution in [0.3, 0.4) is 0 Å². The minimum Gasteiger partial charge on any atom is -0.455 e. The Bertz CT molecular complexity index is 1190. The van der Waals surface area contributed by atoms with E-state index in [-0.39, 0.29) is 11.8 Å². The van der Waals surface area contributed by atoms with Crippen LogP contribution in [0.5, 0.6) is 11.5 Å². The zero-order valence-electron chi connectivity index (χ0n) is 18.0. The van der Waals surface area contributed by atoms with Crippen LogP contribution >= 0.6 is 11.3 Å². The van der Waals surface area contributed by atoms with E-state index in [1.54, 1.807) is 11.3 Å². The number of anilines is 1. The molecule has 168 valence electrons. The first-order valence-electron chi connectivity index (χ1n) is 11.0. The predicted molar refractivity (Wildman–Crippen MR) is 127 cm³/mol. The van der Waals surface area contributed by atoms with Crippen LogP contribution in [0.1, 0.15) is 18.7 Å². The molecule has 8 heteroatoms. The molecule has 1 aliphatic rings. The van der Waals surface area contributed by atoms with Gasteiger partial charge < -0.3 is 14.6 Å². The topological polar surface area (TPSA) is 80.5 Å². The molecule has 1 aliphatic heterocycles. The second kappa shape index (κ2) is 9.97. The van der Waals surface area contributed by atoms with Gasteiger partial charge in [0.05, 0.1) is 17.1 Å². The van der Waals surface area contributed by atoms with Crippen LogP contribution < -0.4 is 10.1 Å². The van der Waals surface area contributed by atoms with Crippen molar-refractivity contribution in [2.45, 2.75) is 19.4 Å². The summed E-state index contributed by atoms with van der Waals surface area (Å²) in [7, 11) is 0. The molecule has 1 saturated heterocycles. The lowest BCUT2D eigenvalue weighted by Crippen LogP contribution is -2.37. The Labute approximate surface area is 196 Å². The molecule has 0 saturated carbocycles. The summed E-state index contributed by atoms with van der Waals surface area (Å²) in [5.74, 6) is 2.58. The first-order chi connectivity index (χ1) is 16.2. The number of rotatable bonds is 7. The highest BCUT2D eigenvalue weighted by Crippen LogP contribution is 2.30. The highest BCUT2D eigenvalue weighted by Gasteiger charge is 2.26. The maximum Gasteiger partial charge on any atom is 0.241 e. The number of nitrogens with one attached hydrogen (secondary N) is 1. The molecule has 0 bridgehead atoms. The Morgan fingerprint density at radius 2 is 1.85 bits per heavy atom. The van der Waals surface area contributed by atoms with Gasteiger partial charge in [0.15, 0.2) is 5.75 Å². The normalized spacial score (nSPS) is 14.8. The van der Waals surface area contributed by atoms with Crippen molar-refractivity contribution in [1.82, 2.24) is 15.0 Å². The lowest BCUT2D eigenvalue weighted by molar-refractivity contribution is -0.121. The fourth-order valence-corrected chi connectivity index (χ4v) is 4.53. The van der Waals surface area contributed by atoms with Gasteiger partial charge in [-0.15, -0.1) is 11.3 Å². The number of amides is 1. The Kier molecular flexibility index (Phi) is 6.46. The van der Waals surface area contributed by atoms with Crippen LogP contribution in [-0.4, -0.2) is 34.0 Å². The third-order valence-electron chi connectivity index (χ3n) is 5.64. The van der Waals surface area contributed by atoms with Gasteiger partial charge in [-0.1, -0.05) is 41.6 Å². The molecule has 5 rings (SSSR count). The number of carbonyl (C=O) groups is 1. The number of para-hydroxylation sites is 3. The zero-order chi connectivity index (χ0) is 22.5. The molecule has 0 atom stereocenters. The van der Waals surface area contributed by atoms with Gasteiger partial charge in [-0.25, -0.2) is 0 Å². The van der Waals surface area contributed by atoms with Crippen molar-refractivity contribution in [3.63, 3.8) is 0 Å². The number of likely N-dealkylation sites (tertiary alicyclic amines) is 1. The Hall–Kier alpha value is -3.49. The molecular formula is C25H24N4O3S. The molecule has 0 aliphatic carbocycles. The van der Waals surface area contributed by atoms with E-state index in [1.165, 1.54) is 0 Å². The molecule has 33 heavy (non-hydrogen) atoms. The average molecular weight is 461 g/mol. The highest BCUT2D eigenvalue weighted by molar-refractivity contribution is 7.13. The average Bonchev–Trinajstić information content (AvgIpc) is 3.54. The maximum absolute atomic E-state index is 12.9. The molecule has 2 aromatic carbocycles. The van der Waals surface area contributed by atoms with E-state index in [0.29, 0.717) is 29.7 Å². The third-order valence-corrected chi connectivity index (χ3v) is 6.51. The summed E-state index contributed by atoms with van der Waals surface area (Å²) in [5.41, 5.74) is 0.681. The standard InChI is InChI=1S/C25H24N4O3S/c30-25(26-20-9-4-5-10-21(20)31-19-7-2-1-3-8-19)18-12-14-29(15-13-18)17-23-27-24(28-32-23)22-11-6-16-33-22/h1-11,16,18H,12-15,17H2,(H,26,30). The first-order valence-corrected chi connectivity index (χ1v) is 11.8. The van der Waals surface area contributed by atoms with Crippen LogP contribution in [0.2, 0.25) is 0 Å². The Balaban J connectivity index is 1.15. The van der Waals surface area contributed by atoms with E-state index in [4.69, 9.17) is 9.26 Å². The summed E-state index contributed by atoms with van der Waals surface area (Å²) in [6.45, 7) is 2.20. The number of hydrogen-bond acceptors (Lipinski definition) is 7. The van der Waals surface area contributed by atoms with Gasteiger partial charge in [0.1, 0.15) is 5.75 Å². The molecule has 1 N–H and O–H groups in total. The van der Waals surface area contributed by atoms with Gasteiger partial charge in [0, 0.05) is 5.92 Å². The van der Waals surface area contributed by atoms with Crippen molar-refractivity contribution in [3.8, 4) is 22.2 Å². The molecule has 1 fully saturated rings. The number of carbonyl (C=O) groups excluding carboxylic acids is 1. The van der Waals surface area contributed by atoms with Gasteiger partial charge in [-0.2, -0.15) is 4.98 Å². The Morgan fingerprint density at radius 3 is 2.64 bits per heavy atom. The number of thiophene rings is 1. The summed E-state index contributed by atoms with van der Waals surface area (Å²) in [6.07, 6.45) is 1.55. The van der Waals surface area contributed by atoms with Crippen molar-refractivity contribution < 1.29 is 14.1 Å². The predicted octanol–water partition coefficient (Wildman–Crippen LogP) is 5.44. The smallest absolute Gasteiger partial charge is 0.241 e. The van der Waals surface area contributed by atoms with Gasteiger partial charge >= 0.3 is 0 Å². The van der Waals surface area contributed by atoms with E-state index in [0.717, 1.165) is 36.6 Å². The van der Waals surface area contributed by atoms with Crippen LogP contribution in [-0.2, 0) is 11.3 Å². The minimum absolute atomic E-state index is 0.0246. The summed E-state index contributed by atoms with van der Waals surface area (Å²) in [6, 6.07) is 21.0. The molecule has 4 aromatic rings. The molecule has 3 heterocycles. The SMILES string of the molecule is O=C(Nc1ccccc1Oc1ccccc1)C1CCN(Cc2nc(-c3cccs3)no2)CC1. The summed E-state index contributed by atoms with van der Waals surface area (Å²) < 4.78 is 11.4. The Morgan fingerprint density at radius 1 is 1.06 bits per heavy atom. The number of piperidine rings is 1. The molecule has 1 amide bonds. The van der Waals surface area contributed by atoms with Gasteiger partial charge in [0.25, 0.3) is 0 Å². The number of aromatic nitrogens is 2. The molecule has 0 radical (unpaired) electrons. The van der Waals surface area contributed by atoms with E-state index in [2.05, 4.69) is 20.4 Å². The molecular weight excluding hydrogens is 436 g/mol. The van der Waals surface area contributed by atoms with Crippen molar-refractivity contribution in [3.05, 3.63) is 78.0 Å². The lowest BCUT2D eigenvalue weighted by Gasteiger charge is -2.30. The number of nitrogens with zero attached hydrogens (tertiary/aromatic N) is 3. The highest BCUT2D eigenvalue weighted by atomic mass is 32.1.